The summed E-state index contributed by atoms with van der Waals surface area (Å²) in [7, 11) is 0. The lowest BCUT2D eigenvalue weighted by Gasteiger charge is -2.05. The maximum atomic E-state index is 9.31. The summed E-state index contributed by atoms with van der Waals surface area (Å²) in [6, 6.07) is 13.0. The van der Waals surface area contributed by atoms with Crippen molar-refractivity contribution in [3.05, 3.63) is 53.6 Å². The fourth-order valence-corrected chi connectivity index (χ4v) is 3.29. The van der Waals surface area contributed by atoms with Gasteiger partial charge in [0.15, 0.2) is 10.2 Å². The number of aromatic nitrogens is 1. The molecule has 2 aromatic carbocycles. The van der Waals surface area contributed by atoms with Crippen LogP contribution >= 0.6 is 23.6 Å². The lowest BCUT2D eigenvalue weighted by molar-refractivity contribution is 0.475. The van der Waals surface area contributed by atoms with Crippen molar-refractivity contribution < 1.29 is 5.11 Å². The van der Waals surface area contributed by atoms with Crippen molar-refractivity contribution in [1.82, 2.24) is 10.4 Å². The topological polar surface area (TPSA) is 69.5 Å². The molecule has 7 heteroatoms. The maximum absolute atomic E-state index is 9.31. The molecular weight excluding hydrogens is 340 g/mol. The molecule has 0 aliphatic carbocycles. The summed E-state index contributed by atoms with van der Waals surface area (Å²) in [6.07, 6.45) is 0. The second-order valence-corrected chi connectivity index (χ2v) is 6.74. The Bertz CT molecular complexity index is 916. The van der Waals surface area contributed by atoms with Crippen molar-refractivity contribution in [3.8, 4) is 5.75 Å². The van der Waals surface area contributed by atoms with E-state index in [2.05, 4.69) is 33.8 Å². The molecule has 0 spiro atoms. The van der Waals surface area contributed by atoms with Crippen LogP contribution in [0.1, 0.15) is 18.1 Å². The van der Waals surface area contributed by atoms with E-state index in [9.17, 15) is 5.11 Å². The summed E-state index contributed by atoms with van der Waals surface area (Å²) >= 11 is 6.80. The minimum absolute atomic E-state index is 0.225. The molecule has 122 valence electrons. The summed E-state index contributed by atoms with van der Waals surface area (Å²) < 4.78 is 1.11. The molecule has 1 aromatic heterocycles. The standard InChI is InChI=1S/C17H16N4OS2/c1-10-3-8-14-15(9-10)24-17(18-14)19-16(23)21-20-11(2)12-4-6-13(22)7-5-12/h3-9,22H,1-2H3,(H2,18,19,21,23)/b20-11+. The van der Waals surface area contributed by atoms with Gasteiger partial charge >= 0.3 is 0 Å². The molecule has 0 bridgehead atoms. The minimum Gasteiger partial charge on any atom is -0.508 e. The number of aromatic hydroxyl groups is 1. The van der Waals surface area contributed by atoms with Crippen LogP contribution in [0.25, 0.3) is 10.2 Å². The van der Waals surface area contributed by atoms with Crippen LogP contribution in [0.5, 0.6) is 5.75 Å². The van der Waals surface area contributed by atoms with Crippen molar-refractivity contribution >= 4 is 49.7 Å². The third kappa shape index (κ3) is 3.87. The fraction of sp³-hybridized carbons (Fsp3) is 0.118. The Morgan fingerprint density at radius 3 is 2.71 bits per heavy atom. The van der Waals surface area contributed by atoms with Crippen molar-refractivity contribution in [1.29, 1.82) is 0 Å². The smallest absolute Gasteiger partial charge is 0.193 e. The predicted octanol–water partition coefficient (Wildman–Crippen LogP) is 4.02. The van der Waals surface area contributed by atoms with E-state index in [0.29, 0.717) is 5.11 Å². The molecule has 0 saturated heterocycles. The number of nitrogens with zero attached hydrogens (tertiary/aromatic N) is 2. The van der Waals surface area contributed by atoms with Crippen LogP contribution in [0.2, 0.25) is 0 Å². The Hall–Kier alpha value is -2.51. The first-order valence-electron chi connectivity index (χ1n) is 7.29. The molecule has 0 atom stereocenters. The predicted molar refractivity (Wildman–Crippen MR) is 104 cm³/mol. The lowest BCUT2D eigenvalue weighted by Crippen LogP contribution is -2.24. The Balaban J connectivity index is 1.66. The fourth-order valence-electron chi connectivity index (χ4n) is 2.11. The van der Waals surface area contributed by atoms with Crippen molar-refractivity contribution in [3.63, 3.8) is 0 Å². The van der Waals surface area contributed by atoms with E-state index in [1.165, 1.54) is 5.56 Å². The van der Waals surface area contributed by atoms with Gasteiger partial charge in [-0.15, -0.1) is 0 Å². The number of thiocarbonyl (C=S) groups is 1. The van der Waals surface area contributed by atoms with Gasteiger partial charge in [-0.2, -0.15) is 5.10 Å². The Morgan fingerprint density at radius 1 is 1.21 bits per heavy atom. The van der Waals surface area contributed by atoms with Gasteiger partial charge in [-0.1, -0.05) is 17.4 Å². The molecule has 0 aliphatic rings. The number of nitrogens with one attached hydrogen (secondary N) is 2. The van der Waals surface area contributed by atoms with E-state index in [1.54, 1.807) is 35.6 Å². The number of fused-ring (bicyclic) bond motifs is 1. The number of rotatable bonds is 3. The Morgan fingerprint density at radius 2 is 1.96 bits per heavy atom. The highest BCUT2D eigenvalue weighted by molar-refractivity contribution is 7.80. The zero-order valence-electron chi connectivity index (χ0n) is 13.2. The minimum atomic E-state index is 0.225. The van der Waals surface area contributed by atoms with Crippen LogP contribution < -0.4 is 10.7 Å². The van der Waals surface area contributed by atoms with Crippen LogP contribution in [0.15, 0.2) is 47.6 Å². The van der Waals surface area contributed by atoms with Gasteiger partial charge in [-0.3, -0.25) is 5.43 Å². The molecule has 3 aromatic rings. The molecule has 0 saturated carbocycles. The first-order chi connectivity index (χ1) is 11.5. The highest BCUT2D eigenvalue weighted by atomic mass is 32.1. The Kier molecular flexibility index (Phi) is 4.73. The first kappa shape index (κ1) is 16.4. The summed E-state index contributed by atoms with van der Waals surface area (Å²) in [5.74, 6) is 0.225. The van der Waals surface area contributed by atoms with Gasteiger partial charge in [0.05, 0.1) is 15.9 Å². The second kappa shape index (κ2) is 6.94. The molecule has 0 radical (unpaired) electrons. The lowest BCUT2D eigenvalue weighted by atomic mass is 10.1. The highest BCUT2D eigenvalue weighted by Gasteiger charge is 2.05. The van der Waals surface area contributed by atoms with E-state index >= 15 is 0 Å². The van der Waals surface area contributed by atoms with Gasteiger partial charge in [-0.05, 0) is 73.6 Å². The van der Waals surface area contributed by atoms with E-state index in [1.807, 2.05) is 19.1 Å². The van der Waals surface area contributed by atoms with Gasteiger partial charge in [0.1, 0.15) is 5.75 Å². The summed E-state index contributed by atoms with van der Waals surface area (Å²) in [5.41, 5.74) is 6.62. The van der Waals surface area contributed by atoms with Crippen LogP contribution in [-0.2, 0) is 0 Å². The van der Waals surface area contributed by atoms with Crippen LogP contribution in [0.4, 0.5) is 5.13 Å². The summed E-state index contributed by atoms with van der Waals surface area (Å²) in [4.78, 5) is 4.49. The van der Waals surface area contributed by atoms with Gasteiger partial charge in [-0.25, -0.2) is 4.98 Å². The SMILES string of the molecule is C/C(=N\NC(=S)Nc1nc2ccc(C)cc2s1)c1ccc(O)cc1. The van der Waals surface area contributed by atoms with Gasteiger partial charge in [0.25, 0.3) is 0 Å². The molecule has 0 fully saturated rings. The average molecular weight is 356 g/mol. The molecule has 1 heterocycles. The average Bonchev–Trinajstić information content (AvgIpc) is 2.94. The number of thiazole rings is 1. The zero-order valence-corrected chi connectivity index (χ0v) is 14.8. The van der Waals surface area contributed by atoms with E-state index in [0.717, 1.165) is 26.6 Å². The van der Waals surface area contributed by atoms with Crippen LogP contribution in [0.3, 0.4) is 0 Å². The van der Waals surface area contributed by atoms with Crippen molar-refractivity contribution in [2.75, 3.05) is 5.32 Å². The number of phenolic OH excluding ortho intramolecular Hbond substituents is 1. The molecule has 5 nitrogen and oxygen atoms in total. The number of phenols is 1. The second-order valence-electron chi connectivity index (χ2n) is 5.30. The first-order valence-corrected chi connectivity index (χ1v) is 8.51. The number of anilines is 1. The van der Waals surface area contributed by atoms with Gasteiger partial charge < -0.3 is 10.4 Å². The molecule has 0 unspecified atom stereocenters. The van der Waals surface area contributed by atoms with Crippen molar-refractivity contribution in [2.24, 2.45) is 5.10 Å². The molecule has 3 N–H and O–H groups in total. The van der Waals surface area contributed by atoms with E-state index in [-0.39, 0.29) is 5.75 Å². The van der Waals surface area contributed by atoms with Gasteiger partial charge in [0.2, 0.25) is 0 Å². The molecule has 0 amide bonds. The maximum Gasteiger partial charge on any atom is 0.193 e. The summed E-state index contributed by atoms with van der Waals surface area (Å²) in [6.45, 7) is 3.92. The summed E-state index contributed by atoms with van der Waals surface area (Å²) in [5, 5.41) is 17.7. The van der Waals surface area contributed by atoms with E-state index < -0.39 is 0 Å². The number of hydrazone groups is 1. The van der Waals surface area contributed by atoms with Gasteiger partial charge in [0, 0.05) is 0 Å². The monoisotopic (exact) mass is 356 g/mol. The quantitative estimate of drug-likeness (QED) is 0.376. The Labute approximate surface area is 149 Å². The number of benzene rings is 2. The third-order valence-corrected chi connectivity index (χ3v) is 4.50. The molecular formula is C17H16N4OS2. The van der Waals surface area contributed by atoms with Crippen molar-refractivity contribution in [2.45, 2.75) is 13.8 Å². The number of hydrogen-bond donors (Lipinski definition) is 3. The third-order valence-electron chi connectivity index (χ3n) is 3.37. The molecule has 3 rings (SSSR count). The number of aryl methyl sites for hydroxylation is 1. The van der Waals surface area contributed by atoms with E-state index in [4.69, 9.17) is 12.2 Å². The molecule has 0 aliphatic heterocycles. The molecule has 24 heavy (non-hydrogen) atoms. The number of hydrogen-bond acceptors (Lipinski definition) is 5. The van der Waals surface area contributed by atoms with Crippen LogP contribution in [0, 0.1) is 6.92 Å². The zero-order chi connectivity index (χ0) is 17.1. The largest absolute Gasteiger partial charge is 0.508 e. The highest BCUT2D eigenvalue weighted by Crippen LogP contribution is 2.26. The normalized spacial score (nSPS) is 11.5. The van der Waals surface area contributed by atoms with Crippen LogP contribution in [-0.4, -0.2) is 20.9 Å².